The quantitative estimate of drug-likeness (QED) is 0.242. The van der Waals surface area contributed by atoms with Crippen molar-refractivity contribution in [3.8, 4) is 5.75 Å². The molecular weight excluding hydrogens is 554 g/mol. The van der Waals surface area contributed by atoms with E-state index in [0.29, 0.717) is 34.8 Å². The molecule has 194 valence electrons. The van der Waals surface area contributed by atoms with Crippen LogP contribution >= 0.6 is 15.9 Å². The molecule has 1 heterocycles. The minimum Gasteiger partial charge on any atom is -0.489 e. The van der Waals surface area contributed by atoms with Gasteiger partial charge in [-0.2, -0.15) is 0 Å². The molecule has 1 aliphatic heterocycles. The number of allylic oxidation sites excluding steroid dienone is 2. The number of ketones is 1. The molecule has 1 atom stereocenters. The summed E-state index contributed by atoms with van der Waals surface area (Å²) in [5.74, 6) is -0.621. The zero-order chi connectivity index (χ0) is 27.1. The van der Waals surface area contributed by atoms with E-state index in [4.69, 9.17) is 9.47 Å². The van der Waals surface area contributed by atoms with Crippen molar-refractivity contribution in [2.75, 3.05) is 6.61 Å². The molecule has 5 nitrogen and oxygen atoms in total. The first-order valence-corrected chi connectivity index (χ1v) is 13.7. The maximum absolute atomic E-state index is 13.8. The fourth-order valence-corrected chi connectivity index (χ4v) is 5.86. The van der Waals surface area contributed by atoms with E-state index in [-0.39, 0.29) is 12.4 Å². The summed E-state index contributed by atoms with van der Waals surface area (Å²) in [4.78, 5) is 27.2. The van der Waals surface area contributed by atoms with Crippen LogP contribution in [0.25, 0.3) is 16.5 Å². The number of esters is 1. The summed E-state index contributed by atoms with van der Waals surface area (Å²) in [5, 5.41) is 5.65. The van der Waals surface area contributed by atoms with Crippen molar-refractivity contribution in [2.45, 2.75) is 26.4 Å². The lowest BCUT2D eigenvalue weighted by atomic mass is 9.79. The van der Waals surface area contributed by atoms with Crippen molar-refractivity contribution in [1.29, 1.82) is 0 Å². The highest BCUT2D eigenvalue weighted by Crippen LogP contribution is 2.49. The summed E-state index contributed by atoms with van der Waals surface area (Å²) in [6.07, 6.45) is 0. The largest absolute Gasteiger partial charge is 0.489 e. The van der Waals surface area contributed by atoms with Crippen LogP contribution in [0.4, 0.5) is 0 Å². The van der Waals surface area contributed by atoms with E-state index < -0.39 is 11.9 Å². The molecule has 6 rings (SSSR count). The van der Waals surface area contributed by atoms with E-state index in [1.807, 2.05) is 61.5 Å². The number of carbonyl (C=O) groups is 2. The van der Waals surface area contributed by atoms with Gasteiger partial charge in [0.2, 0.25) is 0 Å². The van der Waals surface area contributed by atoms with Gasteiger partial charge in [0.15, 0.2) is 5.78 Å². The van der Waals surface area contributed by atoms with Crippen molar-refractivity contribution in [1.82, 2.24) is 5.32 Å². The maximum atomic E-state index is 13.8. The van der Waals surface area contributed by atoms with Crippen molar-refractivity contribution >= 4 is 44.2 Å². The Morgan fingerprint density at radius 3 is 2.46 bits per heavy atom. The Labute approximate surface area is 235 Å². The zero-order valence-electron chi connectivity index (χ0n) is 21.6. The number of benzene rings is 4. The van der Waals surface area contributed by atoms with Gasteiger partial charge in [0, 0.05) is 32.4 Å². The molecule has 4 aromatic rings. The molecule has 39 heavy (non-hydrogen) atoms. The van der Waals surface area contributed by atoms with Crippen molar-refractivity contribution in [3.05, 3.63) is 128 Å². The molecule has 0 spiro atoms. The van der Waals surface area contributed by atoms with Gasteiger partial charge in [-0.1, -0.05) is 76.6 Å². The van der Waals surface area contributed by atoms with Gasteiger partial charge in [0.25, 0.3) is 0 Å². The van der Waals surface area contributed by atoms with Gasteiger partial charge >= 0.3 is 5.97 Å². The number of halogens is 1. The van der Waals surface area contributed by atoms with Crippen molar-refractivity contribution in [2.24, 2.45) is 0 Å². The number of fused-ring (bicyclic) bond motifs is 3. The minimum atomic E-state index is -0.663. The Kier molecular flexibility index (Phi) is 6.57. The molecule has 0 saturated carbocycles. The Balaban J connectivity index is 1.45. The van der Waals surface area contributed by atoms with Crippen LogP contribution in [0.15, 0.2) is 106 Å². The molecule has 4 aromatic carbocycles. The van der Waals surface area contributed by atoms with Gasteiger partial charge in [0.1, 0.15) is 12.4 Å². The second kappa shape index (κ2) is 10.2. The van der Waals surface area contributed by atoms with E-state index in [9.17, 15) is 9.59 Å². The number of nitrogens with one attached hydrogen (secondary N) is 1. The number of dihydropyridines is 1. The minimum absolute atomic E-state index is 0.104. The maximum Gasteiger partial charge on any atom is 0.336 e. The second-order valence-corrected chi connectivity index (χ2v) is 10.5. The number of ether oxygens (including phenoxy) is 2. The first-order chi connectivity index (χ1) is 19.0. The molecule has 0 unspecified atom stereocenters. The van der Waals surface area contributed by atoms with E-state index >= 15 is 0 Å². The highest BCUT2D eigenvalue weighted by Gasteiger charge is 2.44. The first kappa shape index (κ1) is 25.1. The summed E-state index contributed by atoms with van der Waals surface area (Å²) in [7, 11) is 0. The molecule has 0 radical (unpaired) electrons. The monoisotopic (exact) mass is 579 g/mol. The van der Waals surface area contributed by atoms with Gasteiger partial charge in [-0.15, -0.1) is 0 Å². The first-order valence-electron chi connectivity index (χ1n) is 12.9. The Hall–Kier alpha value is -4.16. The lowest BCUT2D eigenvalue weighted by Gasteiger charge is -2.30. The van der Waals surface area contributed by atoms with Crippen molar-refractivity contribution in [3.63, 3.8) is 0 Å². The van der Waals surface area contributed by atoms with Crippen LogP contribution in [0.3, 0.4) is 0 Å². The highest BCUT2D eigenvalue weighted by molar-refractivity contribution is 9.10. The average Bonchev–Trinajstić information content (AvgIpc) is 3.23. The average molecular weight is 580 g/mol. The fourth-order valence-electron chi connectivity index (χ4n) is 5.49. The lowest BCUT2D eigenvalue weighted by Crippen LogP contribution is -2.29. The molecular formula is C33H26BrNO4. The number of rotatable bonds is 6. The molecule has 0 bridgehead atoms. The molecule has 2 aliphatic rings. The highest BCUT2D eigenvalue weighted by atomic mass is 79.9. The molecule has 6 heteroatoms. The van der Waals surface area contributed by atoms with Crippen LogP contribution in [-0.4, -0.2) is 18.4 Å². The Bertz CT molecular complexity index is 1720. The normalized spacial score (nSPS) is 16.2. The van der Waals surface area contributed by atoms with E-state index in [0.717, 1.165) is 32.2 Å². The summed E-state index contributed by atoms with van der Waals surface area (Å²) >= 11 is 3.60. The smallest absolute Gasteiger partial charge is 0.336 e. The topological polar surface area (TPSA) is 64.6 Å². The van der Waals surface area contributed by atoms with Gasteiger partial charge in [0.05, 0.1) is 23.8 Å². The number of hydrogen-bond acceptors (Lipinski definition) is 5. The zero-order valence-corrected chi connectivity index (χ0v) is 23.2. The number of hydrogen-bond donors (Lipinski definition) is 1. The molecule has 0 fully saturated rings. The molecule has 1 N–H and O–H groups in total. The predicted octanol–water partition coefficient (Wildman–Crippen LogP) is 7.31. The molecule has 0 amide bonds. The van der Waals surface area contributed by atoms with Crippen LogP contribution in [0.5, 0.6) is 5.75 Å². The van der Waals surface area contributed by atoms with E-state index in [2.05, 4.69) is 51.6 Å². The predicted molar refractivity (Wildman–Crippen MR) is 155 cm³/mol. The lowest BCUT2D eigenvalue weighted by molar-refractivity contribution is -0.138. The van der Waals surface area contributed by atoms with Crippen molar-refractivity contribution < 1.29 is 19.1 Å². The second-order valence-electron chi connectivity index (χ2n) is 9.63. The van der Waals surface area contributed by atoms with Crippen LogP contribution in [-0.2, 0) is 16.1 Å². The number of Topliss-reactive ketones (excluding diaryl/α,β-unsaturated/α-hetero) is 1. The molecule has 0 aromatic heterocycles. The van der Waals surface area contributed by atoms with Gasteiger partial charge in [-0.3, -0.25) is 4.79 Å². The molecule has 1 aliphatic carbocycles. The van der Waals surface area contributed by atoms with E-state index in [1.165, 1.54) is 5.39 Å². The number of carbonyl (C=O) groups excluding carboxylic acids is 2. The van der Waals surface area contributed by atoms with E-state index in [1.54, 1.807) is 6.92 Å². The van der Waals surface area contributed by atoms with Crippen LogP contribution in [0.2, 0.25) is 0 Å². The Morgan fingerprint density at radius 2 is 1.67 bits per heavy atom. The van der Waals surface area contributed by atoms with Gasteiger partial charge < -0.3 is 14.8 Å². The van der Waals surface area contributed by atoms with Gasteiger partial charge in [-0.05, 0) is 54.4 Å². The third kappa shape index (κ3) is 4.45. The summed E-state index contributed by atoms with van der Waals surface area (Å²) in [5.41, 5.74) is 5.51. The third-order valence-corrected chi connectivity index (χ3v) is 7.73. The van der Waals surface area contributed by atoms with Crippen LogP contribution < -0.4 is 10.1 Å². The van der Waals surface area contributed by atoms with Gasteiger partial charge in [-0.25, -0.2) is 4.79 Å². The summed E-state index contributed by atoms with van der Waals surface area (Å²) < 4.78 is 12.7. The summed E-state index contributed by atoms with van der Waals surface area (Å²) in [6, 6.07) is 27.7. The van der Waals surface area contributed by atoms with Crippen LogP contribution in [0.1, 0.15) is 46.8 Å². The SMILES string of the molecule is CCOC(=O)C1=C(C)NC2=C(C(=O)c3ccccc32)[C@H]1c1cc(Br)ccc1OCc1ccc2ccccc2c1. The summed E-state index contributed by atoms with van der Waals surface area (Å²) in [6.45, 7) is 4.19. The van der Waals surface area contributed by atoms with Crippen LogP contribution in [0, 0.1) is 0 Å². The fraction of sp³-hybridized carbons (Fsp3) is 0.152. The molecule has 0 saturated heterocycles. The Morgan fingerprint density at radius 1 is 0.923 bits per heavy atom. The standard InChI is InChI=1S/C33H26BrNO4/c1-3-38-33(37)28-19(2)35-31-24-10-6-7-11-25(24)32(36)30(31)29(28)26-17-23(34)14-15-27(26)39-18-20-12-13-21-8-4-5-9-22(21)16-20/h4-17,29,35H,3,18H2,1-2H3/t29-/m0/s1. The third-order valence-electron chi connectivity index (χ3n) is 7.24.